The summed E-state index contributed by atoms with van der Waals surface area (Å²) in [6.45, 7) is 1.05. The van der Waals surface area contributed by atoms with Gasteiger partial charge in [-0.15, -0.1) is 0 Å². The fourth-order valence-corrected chi connectivity index (χ4v) is 1.93. The van der Waals surface area contributed by atoms with Crippen molar-refractivity contribution < 1.29 is 9.90 Å². The quantitative estimate of drug-likeness (QED) is 0.757. The van der Waals surface area contributed by atoms with Gasteiger partial charge in [0, 0.05) is 32.0 Å². The van der Waals surface area contributed by atoms with Crippen LogP contribution in [-0.2, 0) is 0 Å². The van der Waals surface area contributed by atoms with Gasteiger partial charge < -0.3 is 19.9 Å². The van der Waals surface area contributed by atoms with Gasteiger partial charge >= 0.3 is 6.03 Å². The molecule has 1 atom stereocenters. The topological polar surface area (TPSA) is 59.6 Å². The molecule has 0 aromatic carbocycles. The highest BCUT2D eigenvalue weighted by molar-refractivity contribution is 5.77. The van der Waals surface area contributed by atoms with Gasteiger partial charge in [0.05, 0.1) is 12.6 Å². The van der Waals surface area contributed by atoms with Gasteiger partial charge in [0.2, 0.25) is 0 Å². The molecule has 15 heavy (non-hydrogen) atoms. The lowest BCUT2D eigenvalue weighted by molar-refractivity contribution is 0.182. The van der Waals surface area contributed by atoms with Crippen LogP contribution < -0.4 is 0 Å². The van der Waals surface area contributed by atoms with Gasteiger partial charge in [-0.25, -0.2) is 4.79 Å². The number of β-amino-alcohol motifs (C(OH)–C–C–N with tert-alkyl or cyclic N) is 1. The van der Waals surface area contributed by atoms with Crippen molar-refractivity contribution in [2.75, 3.05) is 26.7 Å². The maximum absolute atomic E-state index is 11.7. The smallest absolute Gasteiger partial charge is 0.320 e. The summed E-state index contributed by atoms with van der Waals surface area (Å²) >= 11 is 0. The Morgan fingerprint density at radius 2 is 2.47 bits per heavy atom. The number of nitrogens with zero attached hydrogens (tertiary/aromatic N) is 2. The zero-order valence-electron chi connectivity index (χ0n) is 8.68. The summed E-state index contributed by atoms with van der Waals surface area (Å²) in [5.74, 6) is 0. The number of H-pyrrole nitrogens is 1. The van der Waals surface area contributed by atoms with Crippen LogP contribution in [0.4, 0.5) is 4.79 Å². The van der Waals surface area contributed by atoms with E-state index < -0.39 is 0 Å². The van der Waals surface area contributed by atoms with E-state index in [2.05, 4.69) is 4.98 Å². The molecule has 1 aliphatic heterocycles. The molecule has 2 rings (SSSR count). The number of aliphatic hydroxyl groups excluding tert-OH is 1. The monoisotopic (exact) mass is 209 g/mol. The van der Waals surface area contributed by atoms with E-state index in [1.54, 1.807) is 16.8 Å². The maximum Gasteiger partial charge on any atom is 0.320 e. The lowest BCUT2D eigenvalue weighted by Crippen LogP contribution is -2.31. The molecule has 1 fully saturated rings. The molecule has 0 saturated carbocycles. The molecule has 0 aliphatic carbocycles. The molecule has 5 heteroatoms. The molecule has 1 saturated heterocycles. The Morgan fingerprint density at radius 1 is 1.67 bits per heavy atom. The molecule has 82 valence electrons. The van der Waals surface area contributed by atoms with Crippen molar-refractivity contribution in [2.24, 2.45) is 0 Å². The first kappa shape index (κ1) is 10.0. The predicted octanol–water partition coefficient (Wildman–Crippen LogP) is 0.416. The number of carbonyl (C=O) groups excluding carboxylic acids is 1. The molecule has 0 bridgehead atoms. The van der Waals surface area contributed by atoms with Gasteiger partial charge in [0.25, 0.3) is 0 Å². The van der Waals surface area contributed by atoms with Crippen LogP contribution in [0.15, 0.2) is 18.3 Å². The highest BCUT2D eigenvalue weighted by Gasteiger charge is 2.35. The van der Waals surface area contributed by atoms with E-state index in [9.17, 15) is 4.79 Å². The molecular formula is C10H15N3O2. The first-order valence-electron chi connectivity index (χ1n) is 5.00. The molecule has 1 aliphatic rings. The van der Waals surface area contributed by atoms with Gasteiger partial charge in [-0.05, 0) is 12.1 Å². The second-order valence-electron chi connectivity index (χ2n) is 3.70. The van der Waals surface area contributed by atoms with Crippen molar-refractivity contribution in [1.29, 1.82) is 0 Å². The van der Waals surface area contributed by atoms with Crippen LogP contribution in [0.3, 0.4) is 0 Å². The third kappa shape index (κ3) is 1.70. The van der Waals surface area contributed by atoms with Crippen molar-refractivity contribution in [3.05, 3.63) is 24.0 Å². The number of amides is 2. The number of nitrogens with one attached hydrogen (secondary N) is 1. The summed E-state index contributed by atoms with van der Waals surface area (Å²) < 4.78 is 0. The third-order valence-corrected chi connectivity index (χ3v) is 2.78. The molecule has 5 nitrogen and oxygen atoms in total. The molecule has 0 spiro atoms. The van der Waals surface area contributed by atoms with Crippen LogP contribution >= 0.6 is 0 Å². The second kappa shape index (κ2) is 3.94. The van der Waals surface area contributed by atoms with Gasteiger partial charge in [0.1, 0.15) is 0 Å². The van der Waals surface area contributed by atoms with E-state index in [0.717, 1.165) is 5.69 Å². The fraction of sp³-hybridized carbons (Fsp3) is 0.500. The van der Waals surface area contributed by atoms with Gasteiger partial charge in [-0.1, -0.05) is 0 Å². The van der Waals surface area contributed by atoms with Gasteiger partial charge in [-0.3, -0.25) is 0 Å². The fourth-order valence-electron chi connectivity index (χ4n) is 1.93. The lowest BCUT2D eigenvalue weighted by Gasteiger charge is -2.16. The highest BCUT2D eigenvalue weighted by atomic mass is 16.3. The maximum atomic E-state index is 11.7. The Kier molecular flexibility index (Phi) is 2.64. The highest BCUT2D eigenvalue weighted by Crippen LogP contribution is 2.26. The minimum absolute atomic E-state index is 0.0109. The Hall–Kier alpha value is -1.49. The summed E-state index contributed by atoms with van der Waals surface area (Å²) in [7, 11) is 1.78. The normalized spacial score (nSPS) is 21.5. The SMILES string of the molecule is CN1C(=O)N(CCO)CC1c1ccc[nH]1. The minimum Gasteiger partial charge on any atom is -0.395 e. The van der Waals surface area contributed by atoms with Crippen LogP contribution in [0.5, 0.6) is 0 Å². The van der Waals surface area contributed by atoms with Crippen molar-refractivity contribution in [3.8, 4) is 0 Å². The largest absolute Gasteiger partial charge is 0.395 e. The Morgan fingerprint density at radius 3 is 3.07 bits per heavy atom. The summed E-state index contributed by atoms with van der Waals surface area (Å²) in [6, 6.07) is 3.93. The number of carbonyl (C=O) groups is 1. The van der Waals surface area contributed by atoms with E-state index in [4.69, 9.17) is 5.11 Å². The average molecular weight is 209 g/mol. The molecule has 1 aromatic heterocycles. The zero-order valence-corrected chi connectivity index (χ0v) is 8.68. The predicted molar refractivity (Wildman–Crippen MR) is 55.4 cm³/mol. The Labute approximate surface area is 88.3 Å². The van der Waals surface area contributed by atoms with E-state index in [0.29, 0.717) is 13.1 Å². The molecule has 1 unspecified atom stereocenters. The van der Waals surface area contributed by atoms with Crippen molar-refractivity contribution in [3.63, 3.8) is 0 Å². The number of urea groups is 1. The first-order chi connectivity index (χ1) is 7.24. The van der Waals surface area contributed by atoms with Crippen LogP contribution in [0.1, 0.15) is 11.7 Å². The molecule has 1 aromatic rings. The number of aromatic amines is 1. The zero-order chi connectivity index (χ0) is 10.8. The van der Waals surface area contributed by atoms with Crippen molar-refractivity contribution in [1.82, 2.24) is 14.8 Å². The number of hydrogen-bond acceptors (Lipinski definition) is 2. The minimum atomic E-state index is -0.0244. The number of rotatable bonds is 3. The van der Waals surface area contributed by atoms with Crippen LogP contribution in [-0.4, -0.2) is 52.7 Å². The number of aromatic nitrogens is 1. The average Bonchev–Trinajstić information content (AvgIpc) is 2.82. The Balaban J connectivity index is 2.13. The van der Waals surface area contributed by atoms with E-state index in [1.165, 1.54) is 0 Å². The van der Waals surface area contributed by atoms with Crippen molar-refractivity contribution >= 4 is 6.03 Å². The number of hydrogen-bond donors (Lipinski definition) is 2. The molecule has 2 heterocycles. The summed E-state index contributed by atoms with van der Waals surface area (Å²) in [5.41, 5.74) is 1.03. The molecular weight excluding hydrogens is 194 g/mol. The van der Waals surface area contributed by atoms with Crippen molar-refractivity contribution in [2.45, 2.75) is 6.04 Å². The van der Waals surface area contributed by atoms with Crippen LogP contribution in [0, 0.1) is 0 Å². The van der Waals surface area contributed by atoms with E-state index >= 15 is 0 Å². The van der Waals surface area contributed by atoms with E-state index in [-0.39, 0.29) is 18.7 Å². The number of aliphatic hydroxyl groups is 1. The van der Waals surface area contributed by atoms with Gasteiger partial charge in [0.15, 0.2) is 0 Å². The first-order valence-corrected chi connectivity index (χ1v) is 5.00. The summed E-state index contributed by atoms with van der Waals surface area (Å²) in [5, 5.41) is 8.83. The Bertz CT molecular complexity index is 336. The summed E-state index contributed by atoms with van der Waals surface area (Å²) in [4.78, 5) is 18.2. The van der Waals surface area contributed by atoms with Gasteiger partial charge in [-0.2, -0.15) is 0 Å². The molecule has 2 N–H and O–H groups in total. The van der Waals surface area contributed by atoms with E-state index in [1.807, 2.05) is 18.3 Å². The molecule has 0 radical (unpaired) electrons. The standard InChI is InChI=1S/C10H15N3O2/c1-12-9(8-3-2-4-11-8)7-13(5-6-14)10(12)15/h2-4,9,11,14H,5-7H2,1H3. The van der Waals surface area contributed by atoms with Crippen LogP contribution in [0.25, 0.3) is 0 Å². The second-order valence-corrected chi connectivity index (χ2v) is 3.70. The van der Waals surface area contributed by atoms with Crippen LogP contribution in [0.2, 0.25) is 0 Å². The lowest BCUT2D eigenvalue weighted by atomic mass is 10.2. The summed E-state index contributed by atoms with van der Waals surface area (Å²) in [6.07, 6.45) is 1.85. The molecule has 2 amide bonds. The third-order valence-electron chi connectivity index (χ3n) is 2.78. The number of likely N-dealkylation sites (N-methyl/N-ethyl adjacent to an activating group) is 1.